The van der Waals surface area contributed by atoms with Crippen LogP contribution in [0, 0.1) is 16.0 Å². The fraction of sp³-hybridized carbons (Fsp3) is 0.536. The maximum Gasteiger partial charge on any atom is 0.407 e. The molecule has 2 aromatic carbocycles. The van der Waals surface area contributed by atoms with Gasteiger partial charge in [-0.2, -0.15) is 0 Å². The summed E-state index contributed by atoms with van der Waals surface area (Å²) in [5, 5.41) is 25.4. The lowest BCUT2D eigenvalue weighted by Gasteiger charge is -2.30. The van der Waals surface area contributed by atoms with Crippen LogP contribution < -0.4 is 5.32 Å². The smallest absolute Gasteiger partial charge is 0.407 e. The SMILES string of the molecule is O=C(N[C@@H](Cc1ccccc1)[C@H](O)CN(OC1CCCC1)S(=O)(=O)c1cccc([N+](=O)[O-])c1)O[C@H]1CO[C@H]2OCC[C@H]21. The van der Waals surface area contributed by atoms with E-state index in [2.05, 4.69) is 5.32 Å². The first kappa shape index (κ1) is 30.3. The largest absolute Gasteiger partial charge is 0.443 e. The summed E-state index contributed by atoms with van der Waals surface area (Å²) in [6.07, 6.45) is 0.311. The van der Waals surface area contributed by atoms with E-state index < -0.39 is 63.9 Å². The van der Waals surface area contributed by atoms with Crippen LogP contribution in [0.25, 0.3) is 0 Å². The number of alkyl carbamates (subject to hydrolysis) is 1. The van der Waals surface area contributed by atoms with E-state index in [0.717, 1.165) is 24.5 Å². The molecule has 1 amide bonds. The van der Waals surface area contributed by atoms with Gasteiger partial charge in [0.1, 0.15) is 6.10 Å². The lowest BCUT2D eigenvalue weighted by molar-refractivity contribution is -0.385. The van der Waals surface area contributed by atoms with Gasteiger partial charge < -0.3 is 24.6 Å². The van der Waals surface area contributed by atoms with E-state index in [4.69, 9.17) is 19.0 Å². The Morgan fingerprint density at radius 3 is 2.62 bits per heavy atom. The molecule has 1 saturated carbocycles. The number of fused-ring (bicyclic) bond motifs is 1. The van der Waals surface area contributed by atoms with Crippen molar-refractivity contribution in [3.05, 3.63) is 70.3 Å². The summed E-state index contributed by atoms with van der Waals surface area (Å²) < 4.78 is 44.8. The third-order valence-electron chi connectivity index (χ3n) is 7.81. The quantitative estimate of drug-likeness (QED) is 0.271. The van der Waals surface area contributed by atoms with Gasteiger partial charge in [-0.1, -0.05) is 53.7 Å². The van der Waals surface area contributed by atoms with Crippen LogP contribution in [-0.2, 0) is 35.5 Å². The minimum absolute atomic E-state index is 0.0800. The number of hydrogen-bond acceptors (Lipinski definition) is 10. The fourth-order valence-corrected chi connectivity index (χ4v) is 6.87. The molecule has 3 aliphatic rings. The Labute approximate surface area is 243 Å². The molecule has 13 nitrogen and oxygen atoms in total. The molecule has 5 atom stereocenters. The lowest BCUT2D eigenvalue weighted by atomic mass is 10.0. The molecule has 2 saturated heterocycles. The first-order chi connectivity index (χ1) is 20.2. The molecule has 2 heterocycles. The van der Waals surface area contributed by atoms with E-state index in [0.29, 0.717) is 30.3 Å². The van der Waals surface area contributed by atoms with Crippen LogP contribution in [0.5, 0.6) is 0 Å². The summed E-state index contributed by atoms with van der Waals surface area (Å²) in [6, 6.07) is 12.8. The van der Waals surface area contributed by atoms with Crippen LogP contribution in [0.3, 0.4) is 0 Å². The van der Waals surface area contributed by atoms with Gasteiger partial charge in [0.2, 0.25) is 0 Å². The summed E-state index contributed by atoms with van der Waals surface area (Å²) in [5.74, 6) is -0.0800. The zero-order valence-electron chi connectivity index (χ0n) is 22.9. The number of hydrogen-bond donors (Lipinski definition) is 2. The molecule has 0 radical (unpaired) electrons. The van der Waals surface area contributed by atoms with Gasteiger partial charge in [0.25, 0.3) is 15.7 Å². The first-order valence-electron chi connectivity index (χ1n) is 14.1. The number of hydroxylamine groups is 1. The van der Waals surface area contributed by atoms with Crippen molar-refractivity contribution in [3.63, 3.8) is 0 Å². The summed E-state index contributed by atoms with van der Waals surface area (Å²) in [4.78, 5) is 29.2. The van der Waals surface area contributed by atoms with Crippen molar-refractivity contribution in [2.75, 3.05) is 19.8 Å². The molecule has 42 heavy (non-hydrogen) atoms. The normalized spacial score (nSPS) is 23.9. The van der Waals surface area contributed by atoms with Crippen LogP contribution in [0.15, 0.2) is 59.5 Å². The minimum Gasteiger partial charge on any atom is -0.443 e. The highest BCUT2D eigenvalue weighted by Crippen LogP contribution is 2.33. The Morgan fingerprint density at radius 1 is 1.12 bits per heavy atom. The van der Waals surface area contributed by atoms with Gasteiger partial charge >= 0.3 is 6.09 Å². The third-order valence-corrected chi connectivity index (χ3v) is 9.43. The van der Waals surface area contributed by atoms with Crippen molar-refractivity contribution in [1.82, 2.24) is 9.79 Å². The van der Waals surface area contributed by atoms with E-state index in [1.165, 1.54) is 18.2 Å². The number of aliphatic hydroxyl groups excluding tert-OH is 1. The van der Waals surface area contributed by atoms with E-state index in [1.807, 2.05) is 30.3 Å². The van der Waals surface area contributed by atoms with Crippen molar-refractivity contribution in [3.8, 4) is 0 Å². The van der Waals surface area contributed by atoms with Crippen LogP contribution in [0.2, 0.25) is 0 Å². The standard InChI is InChI=1S/C28H35N3O10S/c32-25(17-30(41-21-10-4-5-11-21)42(36,37)22-12-6-9-20(16-22)31(34)35)24(15-19-7-2-1-3-8-19)29-28(33)40-26-18-39-27-23(26)13-14-38-27/h1-3,6-9,12,16,21,23-27,32H,4-5,10-11,13-15,17-18H2,(H,29,33)/t23-,24-,25+,26-,27+/m0/s1. The molecule has 14 heteroatoms. The Morgan fingerprint density at radius 2 is 1.88 bits per heavy atom. The van der Waals surface area contributed by atoms with E-state index in [-0.39, 0.29) is 23.8 Å². The number of nitrogens with one attached hydrogen (secondary N) is 1. The summed E-state index contributed by atoms with van der Waals surface area (Å²) in [5.41, 5.74) is 0.398. The van der Waals surface area contributed by atoms with E-state index >= 15 is 0 Å². The second-order valence-electron chi connectivity index (χ2n) is 10.7. The minimum atomic E-state index is -4.43. The highest BCUT2D eigenvalue weighted by molar-refractivity contribution is 7.89. The van der Waals surface area contributed by atoms with Crippen molar-refractivity contribution >= 4 is 21.8 Å². The van der Waals surface area contributed by atoms with Crippen molar-refractivity contribution < 1.29 is 42.3 Å². The molecule has 0 aromatic heterocycles. The molecular formula is C28H35N3O10S. The van der Waals surface area contributed by atoms with Crippen molar-refractivity contribution in [2.24, 2.45) is 5.92 Å². The maximum atomic E-state index is 13.7. The first-order valence-corrected chi connectivity index (χ1v) is 15.5. The van der Waals surface area contributed by atoms with Crippen LogP contribution in [0.4, 0.5) is 10.5 Å². The molecule has 2 aliphatic heterocycles. The average molecular weight is 606 g/mol. The number of benzene rings is 2. The number of carbonyl (C=O) groups excluding carboxylic acids is 1. The highest BCUT2D eigenvalue weighted by Gasteiger charge is 2.44. The average Bonchev–Trinajstić information content (AvgIpc) is 3.74. The molecule has 1 aliphatic carbocycles. The molecule has 3 fully saturated rings. The summed E-state index contributed by atoms with van der Waals surface area (Å²) >= 11 is 0. The molecule has 2 aromatic rings. The number of rotatable bonds is 12. The molecular weight excluding hydrogens is 570 g/mol. The Hall–Kier alpha value is -3.14. The molecule has 0 bridgehead atoms. The molecule has 5 rings (SSSR count). The second kappa shape index (κ2) is 13.4. The predicted molar refractivity (Wildman–Crippen MR) is 147 cm³/mol. The number of ether oxygens (including phenoxy) is 3. The number of amides is 1. The van der Waals surface area contributed by atoms with Crippen LogP contribution in [0.1, 0.15) is 37.7 Å². The van der Waals surface area contributed by atoms with Gasteiger partial charge in [-0.15, -0.1) is 0 Å². The molecule has 0 unspecified atom stereocenters. The van der Waals surface area contributed by atoms with Gasteiger partial charge in [-0.25, -0.2) is 13.2 Å². The molecule has 228 valence electrons. The van der Waals surface area contributed by atoms with Gasteiger partial charge in [0.05, 0.1) is 53.7 Å². The number of nitrogens with zero attached hydrogens (tertiary/aromatic N) is 2. The zero-order valence-corrected chi connectivity index (χ0v) is 23.8. The van der Waals surface area contributed by atoms with Crippen molar-refractivity contribution in [2.45, 2.75) is 74.1 Å². The van der Waals surface area contributed by atoms with Gasteiger partial charge in [-0.3, -0.25) is 15.0 Å². The maximum absolute atomic E-state index is 13.7. The van der Waals surface area contributed by atoms with Crippen LogP contribution in [-0.4, -0.2) is 79.4 Å². The lowest BCUT2D eigenvalue weighted by Crippen LogP contribution is -2.51. The number of sulfonamides is 1. The Kier molecular flexibility index (Phi) is 9.70. The highest BCUT2D eigenvalue weighted by atomic mass is 32.2. The van der Waals surface area contributed by atoms with Crippen molar-refractivity contribution in [1.29, 1.82) is 0 Å². The summed E-state index contributed by atoms with van der Waals surface area (Å²) in [6.45, 7) is 0.172. The number of non-ortho nitro benzene ring substituents is 1. The second-order valence-corrected chi connectivity index (χ2v) is 12.6. The van der Waals surface area contributed by atoms with Gasteiger partial charge in [0.15, 0.2) is 6.29 Å². The predicted octanol–water partition coefficient (Wildman–Crippen LogP) is 2.92. The van der Waals surface area contributed by atoms with E-state index in [9.17, 15) is 28.4 Å². The number of nitro benzene ring substituents is 1. The van der Waals surface area contributed by atoms with Gasteiger partial charge in [-0.05, 0) is 37.3 Å². The number of carbonyl (C=O) groups is 1. The molecule has 0 spiro atoms. The van der Waals surface area contributed by atoms with E-state index in [1.54, 1.807) is 0 Å². The molecule has 2 N–H and O–H groups in total. The number of nitro groups is 1. The van der Waals surface area contributed by atoms with Gasteiger partial charge in [0, 0.05) is 12.1 Å². The third kappa shape index (κ3) is 7.25. The monoisotopic (exact) mass is 605 g/mol. The zero-order chi connectivity index (χ0) is 29.7. The Balaban J connectivity index is 1.36. The number of aliphatic hydroxyl groups is 1. The summed E-state index contributed by atoms with van der Waals surface area (Å²) in [7, 11) is -4.43. The topological polar surface area (TPSA) is 167 Å². The van der Waals surface area contributed by atoms with Crippen LogP contribution >= 0.6 is 0 Å². The fourth-order valence-electron chi connectivity index (χ4n) is 5.53. The Bertz CT molecular complexity index is 1340.